The van der Waals surface area contributed by atoms with Gasteiger partial charge in [-0.2, -0.15) is 0 Å². The molecule has 0 aliphatic heterocycles. The van der Waals surface area contributed by atoms with Gasteiger partial charge in [-0.3, -0.25) is 4.99 Å². The lowest BCUT2D eigenvalue weighted by Crippen LogP contribution is -2.08. The molecule has 15 heavy (non-hydrogen) atoms. The van der Waals surface area contributed by atoms with Crippen LogP contribution in [0.4, 0.5) is 4.79 Å². The standard InChI is InChI=1S/C9H11NO2S3/c1-5-4-6(8(14-3)15-5)7(10-2)12-9(11)13/h4H,1-3H3,(H,11,13). The summed E-state index contributed by atoms with van der Waals surface area (Å²) in [6.07, 6.45) is 1.98. The Morgan fingerprint density at radius 3 is 2.80 bits per heavy atom. The highest BCUT2D eigenvalue weighted by atomic mass is 32.2. The molecule has 0 saturated heterocycles. The largest absolute Gasteiger partial charge is 0.399 e. The molecule has 3 nitrogen and oxygen atoms in total. The van der Waals surface area contributed by atoms with Crippen molar-refractivity contribution in [3.8, 4) is 0 Å². The minimum absolute atomic E-state index is 0.323. The van der Waals surface area contributed by atoms with Gasteiger partial charge >= 0.3 is 5.30 Å². The van der Waals surface area contributed by atoms with Crippen molar-refractivity contribution < 1.29 is 9.53 Å². The van der Waals surface area contributed by atoms with Crippen molar-refractivity contribution in [3.05, 3.63) is 16.5 Å². The maximum absolute atomic E-state index is 10.8. The fraction of sp³-hybridized carbons (Fsp3) is 0.333. The van der Waals surface area contributed by atoms with Gasteiger partial charge in [-0.1, -0.05) is 12.6 Å². The van der Waals surface area contributed by atoms with Crippen LogP contribution in [0.1, 0.15) is 10.4 Å². The van der Waals surface area contributed by atoms with Gasteiger partial charge in [0.2, 0.25) is 5.90 Å². The van der Waals surface area contributed by atoms with Crippen molar-refractivity contribution in [2.75, 3.05) is 13.3 Å². The quantitative estimate of drug-likeness (QED) is 0.292. The van der Waals surface area contributed by atoms with E-state index in [2.05, 4.69) is 17.6 Å². The van der Waals surface area contributed by atoms with E-state index in [-0.39, 0.29) is 0 Å². The fourth-order valence-corrected chi connectivity index (χ4v) is 3.00. The maximum Gasteiger partial charge on any atom is 0.370 e. The molecule has 1 heterocycles. The summed E-state index contributed by atoms with van der Waals surface area (Å²) in [5.41, 5.74) is 0.856. The highest BCUT2D eigenvalue weighted by Gasteiger charge is 2.15. The molecule has 1 rings (SSSR count). The molecule has 0 aliphatic rings. The lowest BCUT2D eigenvalue weighted by molar-refractivity contribution is 0.225. The van der Waals surface area contributed by atoms with Crippen molar-refractivity contribution in [2.45, 2.75) is 11.1 Å². The summed E-state index contributed by atoms with van der Waals surface area (Å²) in [6, 6.07) is 1.95. The molecule has 0 amide bonds. The van der Waals surface area contributed by atoms with Crippen molar-refractivity contribution in [2.24, 2.45) is 4.99 Å². The molecule has 0 unspecified atom stereocenters. The Morgan fingerprint density at radius 2 is 2.33 bits per heavy atom. The first kappa shape index (κ1) is 12.6. The number of rotatable bonds is 2. The molecule has 0 radical (unpaired) electrons. The van der Waals surface area contributed by atoms with E-state index >= 15 is 0 Å². The van der Waals surface area contributed by atoms with E-state index in [4.69, 9.17) is 4.74 Å². The third-order valence-corrected chi connectivity index (χ3v) is 3.90. The van der Waals surface area contributed by atoms with Gasteiger partial charge in [-0.05, 0) is 19.2 Å². The number of nitrogens with zero attached hydrogens (tertiary/aromatic N) is 1. The summed E-state index contributed by atoms with van der Waals surface area (Å²) in [4.78, 5) is 15.8. The monoisotopic (exact) mass is 261 g/mol. The van der Waals surface area contributed by atoms with Crippen molar-refractivity contribution in [3.63, 3.8) is 0 Å². The summed E-state index contributed by atoms with van der Waals surface area (Å²) in [5.74, 6) is 0.323. The number of hydrogen-bond donors (Lipinski definition) is 1. The average Bonchev–Trinajstić information content (AvgIpc) is 2.55. The molecule has 0 atom stereocenters. The molecule has 0 fully saturated rings. The van der Waals surface area contributed by atoms with Crippen molar-refractivity contribution >= 4 is 46.9 Å². The second-order valence-electron chi connectivity index (χ2n) is 2.66. The van der Waals surface area contributed by atoms with Crippen LogP contribution in [0.3, 0.4) is 0 Å². The molecule has 0 N–H and O–H groups in total. The van der Waals surface area contributed by atoms with Gasteiger partial charge in [0.25, 0.3) is 0 Å². The molecule has 1 aromatic heterocycles. The second kappa shape index (κ2) is 5.58. The third kappa shape index (κ3) is 3.25. The normalized spacial score (nSPS) is 11.6. The molecule has 0 spiro atoms. The number of aryl methyl sites for hydroxylation is 1. The number of aliphatic imine (C=N–C) groups is 1. The first-order valence-electron chi connectivity index (χ1n) is 4.10. The predicted octanol–water partition coefficient (Wildman–Crippen LogP) is 3.22. The first-order valence-corrected chi connectivity index (χ1v) is 6.59. The molecular formula is C9H11NO2S3. The minimum Gasteiger partial charge on any atom is -0.399 e. The zero-order valence-corrected chi connectivity index (χ0v) is 11.1. The van der Waals surface area contributed by atoms with Gasteiger partial charge in [0.1, 0.15) is 0 Å². The number of carbonyl (C=O) groups excluding carboxylic acids is 1. The lowest BCUT2D eigenvalue weighted by atomic mass is 10.3. The maximum atomic E-state index is 10.8. The highest BCUT2D eigenvalue weighted by molar-refractivity contribution is 8.00. The molecular weight excluding hydrogens is 250 g/mol. The van der Waals surface area contributed by atoms with Gasteiger partial charge in [0.05, 0.1) is 9.77 Å². The van der Waals surface area contributed by atoms with Gasteiger partial charge < -0.3 is 4.74 Å². The van der Waals surface area contributed by atoms with E-state index in [1.54, 1.807) is 30.1 Å². The average molecular weight is 261 g/mol. The number of ether oxygens (including phenoxy) is 1. The fourth-order valence-electron chi connectivity index (χ4n) is 1.10. The zero-order chi connectivity index (χ0) is 11.4. The van der Waals surface area contributed by atoms with E-state index in [0.29, 0.717) is 5.90 Å². The summed E-state index contributed by atoms with van der Waals surface area (Å²) in [7, 11) is 1.59. The molecule has 0 saturated carbocycles. The van der Waals surface area contributed by atoms with Crippen LogP contribution in [0.15, 0.2) is 15.3 Å². The van der Waals surface area contributed by atoms with Crippen molar-refractivity contribution in [1.82, 2.24) is 0 Å². The van der Waals surface area contributed by atoms with Crippen LogP contribution in [0.2, 0.25) is 0 Å². The SMILES string of the molecule is CN=C(OC(=O)S)c1cc(C)sc1SC. The first-order chi connectivity index (χ1) is 7.08. The van der Waals surface area contributed by atoms with E-state index in [9.17, 15) is 4.79 Å². The Labute approximate surface area is 102 Å². The van der Waals surface area contributed by atoms with Crippen LogP contribution in [0.25, 0.3) is 0 Å². The van der Waals surface area contributed by atoms with Crippen molar-refractivity contribution in [1.29, 1.82) is 0 Å². The summed E-state index contributed by atoms with van der Waals surface area (Å²) in [6.45, 7) is 2.00. The van der Waals surface area contributed by atoms with Crippen LogP contribution in [0, 0.1) is 6.92 Å². The number of thiol groups is 1. The Balaban J connectivity index is 3.06. The Kier molecular flexibility index (Phi) is 4.69. The Hall–Kier alpha value is -0.460. The smallest absolute Gasteiger partial charge is 0.370 e. The molecule has 0 aliphatic carbocycles. The van der Waals surface area contributed by atoms with Gasteiger partial charge in [-0.15, -0.1) is 23.1 Å². The number of thioether (sulfide) groups is 1. The van der Waals surface area contributed by atoms with Gasteiger partial charge in [0, 0.05) is 11.9 Å². The molecule has 0 bridgehead atoms. The predicted molar refractivity (Wildman–Crippen MR) is 68.8 cm³/mol. The van der Waals surface area contributed by atoms with E-state index in [1.807, 2.05) is 19.2 Å². The molecule has 82 valence electrons. The molecule has 1 aromatic rings. The van der Waals surface area contributed by atoms with E-state index < -0.39 is 5.30 Å². The second-order valence-corrected chi connectivity index (χ2v) is 5.36. The molecule has 6 heteroatoms. The third-order valence-electron chi connectivity index (χ3n) is 1.62. The number of hydrogen-bond acceptors (Lipinski definition) is 5. The van der Waals surface area contributed by atoms with E-state index in [1.165, 1.54) is 0 Å². The van der Waals surface area contributed by atoms with Crippen LogP contribution in [-0.4, -0.2) is 24.5 Å². The van der Waals surface area contributed by atoms with Crippen LogP contribution in [-0.2, 0) is 4.74 Å². The zero-order valence-electron chi connectivity index (χ0n) is 8.60. The topological polar surface area (TPSA) is 38.7 Å². The Bertz CT molecular complexity index is 398. The Morgan fingerprint density at radius 1 is 1.67 bits per heavy atom. The van der Waals surface area contributed by atoms with E-state index in [0.717, 1.165) is 14.6 Å². The van der Waals surface area contributed by atoms with Crippen LogP contribution in [0.5, 0.6) is 0 Å². The molecule has 0 aromatic carbocycles. The summed E-state index contributed by atoms with van der Waals surface area (Å²) >= 11 is 6.83. The van der Waals surface area contributed by atoms with Crippen LogP contribution < -0.4 is 0 Å². The summed E-state index contributed by atoms with van der Waals surface area (Å²) in [5, 5.41) is -0.647. The lowest BCUT2D eigenvalue weighted by Gasteiger charge is -2.03. The summed E-state index contributed by atoms with van der Waals surface area (Å²) < 4.78 is 6.00. The van der Waals surface area contributed by atoms with Gasteiger partial charge in [-0.25, -0.2) is 4.79 Å². The van der Waals surface area contributed by atoms with Gasteiger partial charge in [0.15, 0.2) is 0 Å². The highest BCUT2D eigenvalue weighted by Crippen LogP contribution is 2.31. The number of thiophene rings is 1. The minimum atomic E-state index is -0.647. The number of carbonyl (C=O) groups is 1. The van der Waals surface area contributed by atoms with Crippen LogP contribution >= 0.6 is 35.7 Å².